The molecular weight excluding hydrogens is 292 g/mol. The number of aryl methyl sites for hydroxylation is 1. The van der Waals surface area contributed by atoms with Crippen molar-refractivity contribution in [3.8, 4) is 0 Å². The summed E-state index contributed by atoms with van der Waals surface area (Å²) in [5, 5.41) is 7.73. The minimum atomic E-state index is -3.69. The van der Waals surface area contributed by atoms with Crippen LogP contribution in [0.5, 0.6) is 0 Å². The van der Waals surface area contributed by atoms with Crippen LogP contribution < -0.4 is 10.5 Å². The Morgan fingerprint density at radius 2 is 1.95 bits per heavy atom. The van der Waals surface area contributed by atoms with Crippen LogP contribution in [0.1, 0.15) is 31.9 Å². The van der Waals surface area contributed by atoms with Crippen LogP contribution in [0.25, 0.3) is 0 Å². The number of carbonyl (C=O) groups excluding carboxylic acids is 1. The van der Waals surface area contributed by atoms with Gasteiger partial charge in [-0.25, -0.2) is 18.4 Å². The van der Waals surface area contributed by atoms with Gasteiger partial charge in [-0.2, -0.15) is 0 Å². The number of carbonyl (C=O) groups is 1. The zero-order valence-electron chi connectivity index (χ0n) is 12.8. The lowest BCUT2D eigenvalue weighted by molar-refractivity contribution is 0.0528. The largest absolute Gasteiger partial charge is 0.444 e. The molecule has 1 amide bonds. The molecule has 21 heavy (non-hydrogen) atoms. The molecule has 0 aliphatic carbocycles. The fourth-order valence-corrected chi connectivity index (χ4v) is 2.34. The van der Waals surface area contributed by atoms with Crippen molar-refractivity contribution in [2.24, 2.45) is 5.14 Å². The third-order valence-corrected chi connectivity index (χ3v) is 3.62. The Hall–Kier alpha value is -1.60. The van der Waals surface area contributed by atoms with Gasteiger partial charge < -0.3 is 10.1 Å². The first kappa shape index (κ1) is 17.5. The Kier molecular flexibility index (Phi) is 5.36. The lowest BCUT2D eigenvalue weighted by Crippen LogP contribution is -2.33. The number of nitrogens with two attached hydrogens (primary N) is 1. The number of benzene rings is 1. The Morgan fingerprint density at radius 3 is 2.43 bits per heavy atom. The summed E-state index contributed by atoms with van der Waals surface area (Å²) in [6.07, 6.45) is 0.108. The zero-order valence-corrected chi connectivity index (χ0v) is 13.6. The number of sulfonamides is 1. The molecule has 0 heterocycles. The van der Waals surface area contributed by atoms with Crippen molar-refractivity contribution < 1.29 is 17.9 Å². The number of nitrogens with one attached hydrogen (secondary N) is 1. The van der Waals surface area contributed by atoms with E-state index in [1.807, 2.05) is 0 Å². The van der Waals surface area contributed by atoms with Gasteiger partial charge in [0, 0.05) is 6.54 Å². The van der Waals surface area contributed by atoms with Gasteiger partial charge in [0.25, 0.3) is 0 Å². The van der Waals surface area contributed by atoms with Crippen LogP contribution in [0.15, 0.2) is 23.1 Å². The molecule has 1 rings (SSSR count). The third-order valence-electron chi connectivity index (χ3n) is 2.71. The predicted octanol–water partition coefficient (Wildman–Crippen LogP) is 1.71. The molecule has 6 nitrogen and oxygen atoms in total. The van der Waals surface area contributed by atoms with E-state index < -0.39 is 21.7 Å². The van der Waals surface area contributed by atoms with Gasteiger partial charge in [-0.3, -0.25) is 0 Å². The fourth-order valence-electron chi connectivity index (χ4n) is 1.74. The van der Waals surface area contributed by atoms with Gasteiger partial charge in [0.05, 0.1) is 4.90 Å². The smallest absolute Gasteiger partial charge is 0.407 e. The molecule has 0 aliphatic heterocycles. The van der Waals surface area contributed by atoms with Crippen molar-refractivity contribution in [2.45, 2.75) is 44.6 Å². The van der Waals surface area contributed by atoms with Crippen molar-refractivity contribution in [3.05, 3.63) is 29.3 Å². The second-order valence-corrected chi connectivity index (χ2v) is 7.37. The van der Waals surface area contributed by atoms with Gasteiger partial charge in [0.2, 0.25) is 10.0 Å². The number of rotatable bonds is 4. The maximum atomic E-state index is 11.5. The molecule has 118 valence electrons. The van der Waals surface area contributed by atoms with E-state index >= 15 is 0 Å². The minimum Gasteiger partial charge on any atom is -0.444 e. The molecule has 0 radical (unpaired) electrons. The van der Waals surface area contributed by atoms with Crippen LogP contribution in [-0.2, 0) is 21.2 Å². The standard InChI is InChI=1S/C14H22N2O4S/c1-10-9-12(21(15,18)19)6-5-11(10)7-8-16-13(17)20-14(2,3)4/h5-6,9H,7-8H2,1-4H3,(H,16,17)(H2,15,18,19). The molecule has 0 atom stereocenters. The SMILES string of the molecule is Cc1cc(S(N)(=O)=O)ccc1CCNC(=O)OC(C)(C)C. The monoisotopic (exact) mass is 314 g/mol. The molecule has 0 saturated heterocycles. The van der Waals surface area contributed by atoms with Gasteiger partial charge in [0.15, 0.2) is 0 Å². The minimum absolute atomic E-state index is 0.0869. The summed E-state index contributed by atoms with van der Waals surface area (Å²) in [7, 11) is -3.69. The summed E-state index contributed by atoms with van der Waals surface area (Å²) in [6.45, 7) is 7.59. The van der Waals surface area contributed by atoms with Crippen molar-refractivity contribution >= 4 is 16.1 Å². The molecule has 0 spiro atoms. The molecule has 0 aliphatic rings. The van der Waals surface area contributed by atoms with Gasteiger partial charge >= 0.3 is 6.09 Å². The highest BCUT2D eigenvalue weighted by Gasteiger charge is 2.15. The lowest BCUT2D eigenvalue weighted by Gasteiger charge is -2.19. The van der Waals surface area contributed by atoms with Gasteiger partial charge in [0.1, 0.15) is 5.60 Å². The second kappa shape index (κ2) is 6.44. The Bertz CT molecular complexity index is 618. The zero-order chi connectivity index (χ0) is 16.3. The fraction of sp³-hybridized carbons (Fsp3) is 0.500. The summed E-state index contributed by atoms with van der Waals surface area (Å²) < 4.78 is 27.6. The average Bonchev–Trinajstić information content (AvgIpc) is 2.27. The maximum Gasteiger partial charge on any atom is 0.407 e. The molecule has 7 heteroatoms. The quantitative estimate of drug-likeness (QED) is 0.883. The van der Waals surface area contributed by atoms with Crippen LogP contribution in [0, 0.1) is 6.92 Å². The van der Waals surface area contributed by atoms with Gasteiger partial charge in [-0.15, -0.1) is 0 Å². The van der Waals surface area contributed by atoms with Crippen LogP contribution in [0.2, 0.25) is 0 Å². The van der Waals surface area contributed by atoms with E-state index in [4.69, 9.17) is 9.88 Å². The molecule has 3 N–H and O–H groups in total. The Labute approximate surface area is 125 Å². The number of alkyl carbamates (subject to hydrolysis) is 1. The van der Waals surface area contributed by atoms with Crippen molar-refractivity contribution in [3.63, 3.8) is 0 Å². The highest BCUT2D eigenvalue weighted by atomic mass is 32.2. The lowest BCUT2D eigenvalue weighted by atomic mass is 10.1. The molecule has 0 bridgehead atoms. The summed E-state index contributed by atoms with van der Waals surface area (Å²) in [5.41, 5.74) is 1.22. The van der Waals surface area contributed by atoms with Crippen molar-refractivity contribution in [2.75, 3.05) is 6.54 Å². The van der Waals surface area contributed by atoms with E-state index in [0.717, 1.165) is 11.1 Å². The van der Waals surface area contributed by atoms with E-state index in [1.165, 1.54) is 12.1 Å². The van der Waals surface area contributed by atoms with E-state index in [0.29, 0.717) is 13.0 Å². The molecule has 0 unspecified atom stereocenters. The summed E-state index contributed by atoms with van der Waals surface area (Å²) in [5.74, 6) is 0. The Morgan fingerprint density at radius 1 is 1.33 bits per heavy atom. The molecule has 0 saturated carbocycles. The number of ether oxygens (including phenoxy) is 1. The van der Waals surface area contributed by atoms with E-state index in [9.17, 15) is 13.2 Å². The number of hydrogen-bond donors (Lipinski definition) is 2. The first-order valence-corrected chi connectivity index (χ1v) is 8.13. The number of amides is 1. The predicted molar refractivity (Wildman–Crippen MR) is 80.5 cm³/mol. The number of hydrogen-bond acceptors (Lipinski definition) is 4. The molecular formula is C14H22N2O4S. The normalized spacial score (nSPS) is 12.0. The number of primary sulfonamides is 1. The topological polar surface area (TPSA) is 98.5 Å². The van der Waals surface area contributed by atoms with Crippen LogP contribution in [0.4, 0.5) is 4.79 Å². The first-order chi connectivity index (χ1) is 9.49. The average molecular weight is 314 g/mol. The molecule has 0 aromatic heterocycles. The summed E-state index contributed by atoms with van der Waals surface area (Å²) in [6, 6.07) is 4.69. The summed E-state index contributed by atoms with van der Waals surface area (Å²) in [4.78, 5) is 11.6. The van der Waals surface area contributed by atoms with Crippen molar-refractivity contribution in [1.82, 2.24) is 5.32 Å². The summed E-state index contributed by atoms with van der Waals surface area (Å²) >= 11 is 0. The first-order valence-electron chi connectivity index (χ1n) is 6.58. The van der Waals surface area contributed by atoms with E-state index in [1.54, 1.807) is 33.8 Å². The van der Waals surface area contributed by atoms with Gasteiger partial charge in [-0.05, 0) is 57.4 Å². The van der Waals surface area contributed by atoms with Crippen LogP contribution in [0.3, 0.4) is 0 Å². The second-order valence-electron chi connectivity index (χ2n) is 5.81. The van der Waals surface area contributed by atoms with Gasteiger partial charge in [-0.1, -0.05) is 6.07 Å². The highest BCUT2D eigenvalue weighted by Crippen LogP contribution is 2.14. The molecule has 1 aromatic rings. The molecule has 0 fully saturated rings. The van der Waals surface area contributed by atoms with E-state index in [2.05, 4.69) is 5.32 Å². The van der Waals surface area contributed by atoms with Crippen LogP contribution >= 0.6 is 0 Å². The molecule has 1 aromatic carbocycles. The third kappa shape index (κ3) is 6.14. The van der Waals surface area contributed by atoms with E-state index in [-0.39, 0.29) is 4.90 Å². The van der Waals surface area contributed by atoms with Crippen molar-refractivity contribution in [1.29, 1.82) is 0 Å². The van der Waals surface area contributed by atoms with Crippen LogP contribution in [-0.4, -0.2) is 26.7 Å². The Balaban J connectivity index is 2.59. The highest BCUT2D eigenvalue weighted by molar-refractivity contribution is 7.89. The maximum absolute atomic E-state index is 11.5.